The standard InChI is InChI=1S/C31H30N4O4S/c1-3-8-23-12-16-25(17-13-23)26-18-14-24(15-19-26)21-28(35-40(37,38)30-11-5-6-20-32-30)27-9-7-10-29(34-27)33-22-31(36)39-4-2/h5-7,9-20,28,35H,4,21-22H2,1-2H3,(H,33,34). The Morgan fingerprint density at radius 3 is 2.33 bits per heavy atom. The van der Waals surface area contributed by atoms with Gasteiger partial charge in [-0.2, -0.15) is 0 Å². The van der Waals surface area contributed by atoms with Gasteiger partial charge < -0.3 is 10.1 Å². The lowest BCUT2D eigenvalue weighted by Gasteiger charge is -2.19. The van der Waals surface area contributed by atoms with Gasteiger partial charge in [0.2, 0.25) is 0 Å². The monoisotopic (exact) mass is 554 g/mol. The van der Waals surface area contributed by atoms with E-state index in [1.54, 1.807) is 37.3 Å². The third-order valence-corrected chi connectivity index (χ3v) is 7.33. The molecule has 0 aliphatic rings. The molecule has 0 aliphatic heterocycles. The van der Waals surface area contributed by atoms with Crippen LogP contribution in [-0.4, -0.2) is 37.5 Å². The first kappa shape index (κ1) is 28.5. The van der Waals surface area contributed by atoms with Crippen LogP contribution in [0.1, 0.15) is 36.7 Å². The maximum Gasteiger partial charge on any atom is 0.325 e. The molecule has 40 heavy (non-hydrogen) atoms. The van der Waals surface area contributed by atoms with Gasteiger partial charge in [0.1, 0.15) is 12.4 Å². The molecule has 0 radical (unpaired) electrons. The van der Waals surface area contributed by atoms with Gasteiger partial charge in [0.25, 0.3) is 10.0 Å². The molecule has 2 aromatic heterocycles. The van der Waals surface area contributed by atoms with Crippen LogP contribution < -0.4 is 10.0 Å². The van der Waals surface area contributed by atoms with Gasteiger partial charge >= 0.3 is 5.97 Å². The molecule has 0 amide bonds. The first-order valence-corrected chi connectivity index (χ1v) is 14.3. The molecule has 0 spiro atoms. The van der Waals surface area contributed by atoms with Crippen molar-refractivity contribution in [2.75, 3.05) is 18.5 Å². The van der Waals surface area contributed by atoms with Crippen LogP contribution in [0.25, 0.3) is 11.1 Å². The van der Waals surface area contributed by atoms with Crippen molar-refractivity contribution < 1.29 is 17.9 Å². The lowest BCUT2D eigenvalue weighted by atomic mass is 9.99. The maximum absolute atomic E-state index is 13.2. The number of nitrogens with zero attached hydrogens (tertiary/aromatic N) is 2. The van der Waals surface area contributed by atoms with Gasteiger partial charge in [-0.05, 0) is 73.4 Å². The van der Waals surface area contributed by atoms with Gasteiger partial charge in [-0.1, -0.05) is 54.5 Å². The highest BCUT2D eigenvalue weighted by Crippen LogP contribution is 2.24. The van der Waals surface area contributed by atoms with Gasteiger partial charge in [-0.15, -0.1) is 5.92 Å². The average molecular weight is 555 g/mol. The van der Waals surface area contributed by atoms with Gasteiger partial charge in [-0.25, -0.2) is 23.1 Å². The summed E-state index contributed by atoms with van der Waals surface area (Å²) in [6.45, 7) is 3.77. The predicted molar refractivity (Wildman–Crippen MR) is 155 cm³/mol. The van der Waals surface area contributed by atoms with Crippen molar-refractivity contribution in [1.29, 1.82) is 0 Å². The van der Waals surface area contributed by atoms with Crippen LogP contribution in [-0.2, 0) is 26.0 Å². The molecule has 2 aromatic carbocycles. The lowest BCUT2D eigenvalue weighted by molar-refractivity contribution is -0.140. The molecule has 9 heteroatoms. The molecule has 8 nitrogen and oxygen atoms in total. The Morgan fingerprint density at radius 1 is 0.950 bits per heavy atom. The van der Waals surface area contributed by atoms with E-state index in [-0.39, 0.29) is 18.2 Å². The molecule has 1 unspecified atom stereocenters. The van der Waals surface area contributed by atoms with Crippen LogP contribution >= 0.6 is 0 Å². The summed E-state index contributed by atoms with van der Waals surface area (Å²) in [5.74, 6) is 5.96. The first-order chi connectivity index (χ1) is 19.4. The molecule has 2 heterocycles. The second-order valence-corrected chi connectivity index (χ2v) is 10.5. The second kappa shape index (κ2) is 13.5. The van der Waals surface area contributed by atoms with E-state index >= 15 is 0 Å². The number of pyridine rings is 2. The second-order valence-electron chi connectivity index (χ2n) is 8.80. The van der Waals surface area contributed by atoms with E-state index in [1.165, 1.54) is 12.3 Å². The highest BCUT2D eigenvalue weighted by Gasteiger charge is 2.24. The van der Waals surface area contributed by atoms with Crippen molar-refractivity contribution in [3.63, 3.8) is 0 Å². The minimum absolute atomic E-state index is 0.0535. The number of esters is 1. The van der Waals surface area contributed by atoms with Crippen LogP contribution in [0.3, 0.4) is 0 Å². The van der Waals surface area contributed by atoms with Gasteiger partial charge in [0.05, 0.1) is 18.3 Å². The fourth-order valence-corrected chi connectivity index (χ4v) is 5.20. The summed E-state index contributed by atoms with van der Waals surface area (Å²) in [5, 5.41) is 2.86. The predicted octanol–water partition coefficient (Wildman–Crippen LogP) is 4.75. The summed E-state index contributed by atoms with van der Waals surface area (Å²) in [6.07, 6.45) is 1.77. The summed E-state index contributed by atoms with van der Waals surface area (Å²) in [4.78, 5) is 20.4. The van der Waals surface area contributed by atoms with Crippen molar-refractivity contribution in [1.82, 2.24) is 14.7 Å². The number of carbonyl (C=O) groups is 1. The Hall–Kier alpha value is -4.52. The van der Waals surface area contributed by atoms with E-state index in [4.69, 9.17) is 4.74 Å². The zero-order valence-corrected chi connectivity index (χ0v) is 23.1. The fraction of sp³-hybridized carbons (Fsp3) is 0.194. The number of benzene rings is 2. The van der Waals surface area contributed by atoms with E-state index in [0.29, 0.717) is 17.9 Å². The topological polar surface area (TPSA) is 110 Å². The number of anilines is 1. The molecule has 0 saturated carbocycles. The molecule has 0 aliphatic carbocycles. The first-order valence-electron chi connectivity index (χ1n) is 12.8. The number of aromatic nitrogens is 2. The molecule has 0 saturated heterocycles. The number of hydrogen-bond acceptors (Lipinski definition) is 7. The van der Waals surface area contributed by atoms with Crippen LogP contribution in [0.2, 0.25) is 0 Å². The SMILES string of the molecule is CC#Cc1ccc(-c2ccc(CC(NS(=O)(=O)c3ccccn3)c3cccc(NCC(=O)OCC)n3)cc2)cc1. The number of rotatable bonds is 11. The Labute approximate surface area is 234 Å². The Bertz CT molecular complexity index is 1600. The summed E-state index contributed by atoms with van der Waals surface area (Å²) in [6, 6.07) is 25.2. The number of hydrogen-bond donors (Lipinski definition) is 2. The van der Waals surface area contributed by atoms with E-state index in [1.807, 2.05) is 55.5 Å². The Balaban J connectivity index is 1.59. The number of ether oxygens (including phenoxy) is 1. The summed E-state index contributed by atoms with van der Waals surface area (Å²) >= 11 is 0. The van der Waals surface area contributed by atoms with Gasteiger partial charge in [-0.3, -0.25) is 4.79 Å². The third-order valence-electron chi connectivity index (χ3n) is 5.94. The zero-order valence-electron chi connectivity index (χ0n) is 22.3. The van der Waals surface area contributed by atoms with Crippen molar-refractivity contribution in [2.45, 2.75) is 31.3 Å². The minimum atomic E-state index is -3.94. The van der Waals surface area contributed by atoms with Crippen LogP contribution in [0.5, 0.6) is 0 Å². The molecule has 1 atom stereocenters. The maximum atomic E-state index is 13.2. The highest BCUT2D eigenvalue weighted by atomic mass is 32.2. The van der Waals surface area contributed by atoms with Crippen LogP contribution in [0, 0.1) is 11.8 Å². The van der Waals surface area contributed by atoms with Crippen molar-refractivity contribution in [3.05, 3.63) is 108 Å². The normalized spacial score (nSPS) is 11.7. The molecular formula is C31H30N4O4S. The van der Waals surface area contributed by atoms with Crippen LogP contribution in [0.4, 0.5) is 5.82 Å². The largest absolute Gasteiger partial charge is 0.465 e. The summed E-state index contributed by atoms with van der Waals surface area (Å²) < 4.78 is 34.1. The van der Waals surface area contributed by atoms with Crippen LogP contribution in [0.15, 0.2) is 96.2 Å². The number of nitrogens with one attached hydrogen (secondary N) is 2. The minimum Gasteiger partial charge on any atom is -0.465 e. The van der Waals surface area contributed by atoms with E-state index in [0.717, 1.165) is 22.3 Å². The van der Waals surface area contributed by atoms with Gasteiger partial charge in [0, 0.05) is 11.8 Å². The quantitative estimate of drug-likeness (QED) is 0.203. The highest BCUT2D eigenvalue weighted by molar-refractivity contribution is 7.89. The summed E-state index contributed by atoms with van der Waals surface area (Å²) in [7, 11) is -3.94. The molecule has 2 N–H and O–H groups in total. The summed E-state index contributed by atoms with van der Waals surface area (Å²) in [5.41, 5.74) is 4.45. The lowest BCUT2D eigenvalue weighted by Crippen LogP contribution is -2.31. The van der Waals surface area contributed by atoms with Crippen molar-refractivity contribution in [2.24, 2.45) is 0 Å². The van der Waals surface area contributed by atoms with Crippen molar-refractivity contribution in [3.8, 4) is 23.0 Å². The van der Waals surface area contributed by atoms with E-state index in [2.05, 4.69) is 31.8 Å². The molecule has 204 valence electrons. The van der Waals surface area contributed by atoms with E-state index < -0.39 is 22.0 Å². The van der Waals surface area contributed by atoms with E-state index in [9.17, 15) is 13.2 Å². The average Bonchev–Trinajstić information content (AvgIpc) is 2.97. The number of carbonyl (C=O) groups excluding carboxylic acids is 1. The third kappa shape index (κ3) is 7.76. The molecule has 0 fully saturated rings. The van der Waals surface area contributed by atoms with Gasteiger partial charge in [0.15, 0.2) is 5.03 Å². The zero-order chi connectivity index (χ0) is 28.4. The Kier molecular flexibility index (Phi) is 9.62. The molecular weight excluding hydrogens is 524 g/mol. The molecule has 4 aromatic rings. The molecule has 4 rings (SSSR count). The molecule has 0 bridgehead atoms. The number of sulfonamides is 1. The smallest absolute Gasteiger partial charge is 0.325 e. The fourth-order valence-electron chi connectivity index (χ4n) is 4.04. The Morgan fingerprint density at radius 2 is 1.68 bits per heavy atom. The van der Waals surface area contributed by atoms with Crippen molar-refractivity contribution >= 4 is 21.8 Å².